The Labute approximate surface area is 86.7 Å². The fourth-order valence-corrected chi connectivity index (χ4v) is 1.84. The summed E-state index contributed by atoms with van der Waals surface area (Å²) in [6.07, 6.45) is -2.68. The molecule has 1 aromatic heterocycles. The van der Waals surface area contributed by atoms with Gasteiger partial charge >= 0.3 is 0 Å². The minimum Gasteiger partial charge on any atom is -0.392 e. The Morgan fingerprint density at radius 1 is 1.62 bits per heavy atom. The van der Waals surface area contributed by atoms with Crippen molar-refractivity contribution in [3.8, 4) is 0 Å². The first-order valence-electron chi connectivity index (χ1n) is 3.30. The minimum absolute atomic E-state index is 0.0287. The molecule has 0 saturated carbocycles. The second-order valence-corrected chi connectivity index (χ2v) is 3.41. The van der Waals surface area contributed by atoms with Crippen molar-refractivity contribution in [2.45, 2.75) is 13.0 Å². The molecule has 1 rings (SSSR count). The molecule has 0 aliphatic carbocycles. The van der Waals surface area contributed by atoms with Crippen molar-refractivity contribution < 1.29 is 13.9 Å². The van der Waals surface area contributed by atoms with E-state index in [1.807, 2.05) is 0 Å². The molecule has 0 radical (unpaired) electrons. The summed E-state index contributed by atoms with van der Waals surface area (Å²) in [5, 5.41) is 8.85. The van der Waals surface area contributed by atoms with Gasteiger partial charge in [-0.2, -0.15) is 0 Å². The molecular weight excluding hydrogens is 267 g/mol. The number of hydrogen-bond acceptors (Lipinski definition) is 2. The molecule has 0 fully saturated rings. The highest BCUT2D eigenvalue weighted by atomic mass is 79.9. The predicted molar refractivity (Wildman–Crippen MR) is 47.8 cm³/mol. The smallest absolute Gasteiger partial charge is 0.266 e. The fourth-order valence-electron chi connectivity index (χ4n) is 0.901. The van der Waals surface area contributed by atoms with Crippen LogP contribution in [-0.4, -0.2) is 10.1 Å². The van der Waals surface area contributed by atoms with Crippen LogP contribution in [-0.2, 0) is 6.61 Å². The zero-order valence-corrected chi connectivity index (χ0v) is 8.61. The lowest BCUT2D eigenvalue weighted by molar-refractivity contribution is 0.145. The largest absolute Gasteiger partial charge is 0.392 e. The quantitative estimate of drug-likeness (QED) is 0.840. The molecule has 6 heteroatoms. The molecule has 0 saturated heterocycles. The number of aromatic nitrogens is 1. The van der Waals surface area contributed by atoms with Gasteiger partial charge in [0, 0.05) is 0 Å². The summed E-state index contributed by atoms with van der Waals surface area (Å²) in [5.74, 6) is 0. The maximum Gasteiger partial charge on any atom is 0.266 e. The zero-order chi connectivity index (χ0) is 10.0. The predicted octanol–water partition coefficient (Wildman–Crippen LogP) is 2.93. The third-order valence-corrected chi connectivity index (χ3v) is 2.25. The van der Waals surface area contributed by atoms with Gasteiger partial charge in [0.05, 0.1) is 12.2 Å². The van der Waals surface area contributed by atoms with Crippen LogP contribution in [0, 0.1) is 0 Å². The number of pyridine rings is 1. The average molecular weight is 272 g/mol. The van der Waals surface area contributed by atoms with Crippen LogP contribution in [0.3, 0.4) is 0 Å². The lowest BCUT2D eigenvalue weighted by atomic mass is 10.1. The highest BCUT2D eigenvalue weighted by Crippen LogP contribution is 2.30. The van der Waals surface area contributed by atoms with Crippen molar-refractivity contribution in [1.82, 2.24) is 4.98 Å². The second kappa shape index (κ2) is 4.30. The van der Waals surface area contributed by atoms with E-state index in [4.69, 9.17) is 16.7 Å². The Morgan fingerprint density at radius 2 is 2.23 bits per heavy atom. The van der Waals surface area contributed by atoms with E-state index in [0.29, 0.717) is 0 Å². The number of aliphatic hydroxyl groups is 1. The van der Waals surface area contributed by atoms with E-state index in [-0.39, 0.29) is 20.9 Å². The molecular formula is C7H5BrClF2NO. The van der Waals surface area contributed by atoms with Crippen molar-refractivity contribution in [3.63, 3.8) is 0 Å². The maximum absolute atomic E-state index is 12.4. The molecule has 2 nitrogen and oxygen atoms in total. The van der Waals surface area contributed by atoms with Crippen LogP contribution in [0.1, 0.15) is 17.6 Å². The molecule has 1 N–H and O–H groups in total. The first-order valence-corrected chi connectivity index (χ1v) is 4.47. The second-order valence-electron chi connectivity index (χ2n) is 2.27. The third kappa shape index (κ3) is 2.36. The van der Waals surface area contributed by atoms with E-state index >= 15 is 0 Å². The molecule has 1 aromatic rings. The van der Waals surface area contributed by atoms with Gasteiger partial charge in [0.1, 0.15) is 9.76 Å². The van der Waals surface area contributed by atoms with Crippen LogP contribution in [0.2, 0.25) is 5.15 Å². The van der Waals surface area contributed by atoms with Crippen molar-refractivity contribution >= 4 is 27.5 Å². The van der Waals surface area contributed by atoms with Crippen molar-refractivity contribution in [1.29, 1.82) is 0 Å². The maximum atomic E-state index is 12.4. The summed E-state index contributed by atoms with van der Waals surface area (Å²) in [6, 6.07) is 1.22. The lowest BCUT2D eigenvalue weighted by Gasteiger charge is -2.08. The average Bonchev–Trinajstić information content (AvgIpc) is 2.01. The van der Waals surface area contributed by atoms with Crippen molar-refractivity contribution in [2.24, 2.45) is 0 Å². The highest BCUT2D eigenvalue weighted by molar-refractivity contribution is 9.10. The summed E-state index contributed by atoms with van der Waals surface area (Å²) in [5.41, 5.74) is -0.228. The number of rotatable bonds is 2. The summed E-state index contributed by atoms with van der Waals surface area (Å²) in [4.78, 5) is 3.59. The molecule has 13 heavy (non-hydrogen) atoms. The SMILES string of the molecule is OCc1cc(Cl)nc(Br)c1C(F)F. The monoisotopic (exact) mass is 271 g/mol. The number of hydrogen-bond donors (Lipinski definition) is 1. The van der Waals surface area contributed by atoms with Crippen LogP contribution < -0.4 is 0 Å². The summed E-state index contributed by atoms with van der Waals surface area (Å²) in [6.45, 7) is -0.486. The van der Waals surface area contributed by atoms with Crippen LogP contribution in [0.5, 0.6) is 0 Å². The summed E-state index contributed by atoms with van der Waals surface area (Å²) < 4.78 is 24.7. The van der Waals surface area contributed by atoms with Crippen LogP contribution in [0.25, 0.3) is 0 Å². The molecule has 0 aliphatic rings. The first-order chi connectivity index (χ1) is 6.06. The molecule has 0 unspecified atom stereocenters. The van der Waals surface area contributed by atoms with Crippen molar-refractivity contribution in [2.75, 3.05) is 0 Å². The molecule has 1 heterocycles. The molecule has 0 aromatic carbocycles. The Kier molecular flexibility index (Phi) is 3.58. The summed E-state index contributed by atoms with van der Waals surface area (Å²) in [7, 11) is 0. The zero-order valence-electron chi connectivity index (χ0n) is 6.27. The third-order valence-electron chi connectivity index (χ3n) is 1.46. The Hall–Kier alpha value is -0.260. The van der Waals surface area contributed by atoms with Gasteiger partial charge in [-0.25, -0.2) is 13.8 Å². The van der Waals surface area contributed by atoms with Crippen LogP contribution in [0.4, 0.5) is 8.78 Å². The van der Waals surface area contributed by atoms with Crippen LogP contribution >= 0.6 is 27.5 Å². The number of halogens is 4. The number of alkyl halides is 2. The standard InChI is InChI=1S/C7H5BrClF2NO/c8-6-5(7(10)11)3(2-13)1-4(9)12-6/h1,7,13H,2H2. The van der Waals surface area contributed by atoms with E-state index in [1.54, 1.807) is 0 Å². The highest BCUT2D eigenvalue weighted by Gasteiger charge is 2.18. The van der Waals surface area contributed by atoms with Crippen LogP contribution in [0.15, 0.2) is 10.7 Å². The minimum atomic E-state index is -2.68. The van der Waals surface area contributed by atoms with E-state index < -0.39 is 13.0 Å². The van der Waals surface area contributed by atoms with Crippen molar-refractivity contribution in [3.05, 3.63) is 26.9 Å². The van der Waals surface area contributed by atoms with Gasteiger partial charge in [-0.1, -0.05) is 11.6 Å². The van der Waals surface area contributed by atoms with Gasteiger partial charge in [0.15, 0.2) is 0 Å². The number of aliphatic hydroxyl groups excluding tert-OH is 1. The molecule has 0 aliphatic heterocycles. The normalized spacial score (nSPS) is 10.9. The van der Waals surface area contributed by atoms with Gasteiger partial charge < -0.3 is 5.11 Å². The first kappa shape index (κ1) is 10.8. The molecule has 0 amide bonds. The Morgan fingerprint density at radius 3 is 2.69 bits per heavy atom. The molecule has 0 bridgehead atoms. The topological polar surface area (TPSA) is 33.1 Å². The Bertz CT molecular complexity index is 322. The lowest BCUT2D eigenvalue weighted by Crippen LogP contribution is -1.98. The van der Waals surface area contributed by atoms with E-state index in [9.17, 15) is 8.78 Å². The van der Waals surface area contributed by atoms with Gasteiger partial charge in [-0.3, -0.25) is 0 Å². The van der Waals surface area contributed by atoms with E-state index in [2.05, 4.69) is 20.9 Å². The molecule has 72 valence electrons. The number of nitrogens with zero attached hydrogens (tertiary/aromatic N) is 1. The molecule has 0 spiro atoms. The Balaban J connectivity index is 3.30. The molecule has 0 atom stereocenters. The van der Waals surface area contributed by atoms with Gasteiger partial charge in [-0.15, -0.1) is 0 Å². The van der Waals surface area contributed by atoms with E-state index in [0.717, 1.165) is 0 Å². The summed E-state index contributed by atoms with van der Waals surface area (Å²) >= 11 is 8.36. The van der Waals surface area contributed by atoms with Gasteiger partial charge in [0.25, 0.3) is 6.43 Å². The van der Waals surface area contributed by atoms with E-state index in [1.165, 1.54) is 6.07 Å². The van der Waals surface area contributed by atoms with Gasteiger partial charge in [-0.05, 0) is 27.6 Å². The fraction of sp³-hybridized carbons (Fsp3) is 0.286. The van der Waals surface area contributed by atoms with Gasteiger partial charge in [0.2, 0.25) is 0 Å².